The minimum Gasteiger partial charge on any atom is -0.493 e. The van der Waals surface area contributed by atoms with Gasteiger partial charge in [-0.25, -0.2) is 4.98 Å². The van der Waals surface area contributed by atoms with Crippen molar-refractivity contribution in [3.05, 3.63) is 75.2 Å². The molecule has 0 N–H and O–H groups in total. The lowest BCUT2D eigenvalue weighted by Crippen LogP contribution is -2.47. The van der Waals surface area contributed by atoms with E-state index in [0.717, 1.165) is 36.0 Å². The van der Waals surface area contributed by atoms with E-state index in [-0.39, 0.29) is 11.3 Å². The van der Waals surface area contributed by atoms with Gasteiger partial charge in [-0.05, 0) is 40.7 Å². The summed E-state index contributed by atoms with van der Waals surface area (Å²) >= 11 is 1.55. The van der Waals surface area contributed by atoms with Crippen molar-refractivity contribution in [3.63, 3.8) is 0 Å². The number of rotatable bonds is 10. The smallest absolute Gasteiger partial charge is 0.273 e. The molecule has 2 aliphatic rings. The van der Waals surface area contributed by atoms with Crippen molar-refractivity contribution in [3.8, 4) is 11.5 Å². The predicted molar refractivity (Wildman–Crippen MR) is 164 cm³/mol. The van der Waals surface area contributed by atoms with Crippen molar-refractivity contribution in [2.24, 2.45) is 0 Å². The average molecular weight is 594 g/mol. The summed E-state index contributed by atoms with van der Waals surface area (Å²) in [6, 6.07) is 15.0. The number of methoxy groups -OCH3 is 2. The van der Waals surface area contributed by atoms with E-state index < -0.39 is 5.79 Å². The lowest BCUT2D eigenvalue weighted by Gasteiger charge is -2.37. The lowest BCUT2D eigenvalue weighted by atomic mass is 9.87. The first-order chi connectivity index (χ1) is 20.2. The highest BCUT2D eigenvalue weighted by Crippen LogP contribution is 2.32. The molecular weight excluding hydrogens is 550 g/mol. The normalized spacial score (nSPS) is 16.8. The molecule has 1 aromatic heterocycles. The van der Waals surface area contributed by atoms with Gasteiger partial charge in [-0.15, -0.1) is 11.3 Å². The maximum Gasteiger partial charge on any atom is 0.273 e. The number of piperidine rings is 1. The van der Waals surface area contributed by atoms with Gasteiger partial charge >= 0.3 is 0 Å². The topological polar surface area (TPSA) is 73.4 Å². The maximum atomic E-state index is 13.3. The third-order valence-corrected chi connectivity index (χ3v) is 8.98. The van der Waals surface area contributed by atoms with E-state index in [4.69, 9.17) is 23.9 Å². The fraction of sp³-hybridized carbons (Fsp3) is 0.515. The highest BCUT2D eigenvalue weighted by molar-refractivity contribution is 7.09. The Hall–Kier alpha value is -2.98. The van der Waals surface area contributed by atoms with Gasteiger partial charge in [0.05, 0.1) is 34.0 Å². The molecule has 2 aliphatic heterocycles. The number of carbonyl (C=O) groups is 1. The van der Waals surface area contributed by atoms with Crippen LogP contribution < -0.4 is 9.47 Å². The summed E-state index contributed by atoms with van der Waals surface area (Å²) in [6.07, 6.45) is 2.25. The molecule has 2 fully saturated rings. The molecule has 5 rings (SSSR count). The molecule has 1 spiro atoms. The van der Waals surface area contributed by atoms with Gasteiger partial charge in [0, 0.05) is 44.4 Å². The Labute approximate surface area is 253 Å². The molecule has 0 bridgehead atoms. The summed E-state index contributed by atoms with van der Waals surface area (Å²) < 4.78 is 22.6. The molecule has 9 heteroatoms. The van der Waals surface area contributed by atoms with E-state index in [1.807, 2.05) is 22.4 Å². The number of likely N-dealkylation sites (tertiary alicyclic amines) is 1. The number of amides is 1. The molecule has 0 atom stereocenters. The van der Waals surface area contributed by atoms with Gasteiger partial charge in [-0.1, -0.05) is 51.1 Å². The van der Waals surface area contributed by atoms with Crippen LogP contribution in [-0.4, -0.2) is 73.5 Å². The Bertz CT molecular complexity index is 1330. The van der Waals surface area contributed by atoms with Crippen LogP contribution >= 0.6 is 11.3 Å². The third kappa shape index (κ3) is 7.32. The van der Waals surface area contributed by atoms with E-state index in [1.54, 1.807) is 25.6 Å². The molecule has 226 valence electrons. The maximum absolute atomic E-state index is 13.3. The molecule has 2 saturated heterocycles. The minimum atomic E-state index is -0.497. The summed E-state index contributed by atoms with van der Waals surface area (Å²) in [5.74, 6) is 0.949. The van der Waals surface area contributed by atoms with E-state index >= 15 is 0 Å². The van der Waals surface area contributed by atoms with E-state index in [0.29, 0.717) is 51.4 Å². The van der Waals surface area contributed by atoms with Crippen molar-refractivity contribution < 1.29 is 23.7 Å². The first kappa shape index (κ1) is 30.5. The van der Waals surface area contributed by atoms with Crippen molar-refractivity contribution in [2.75, 3.05) is 47.1 Å². The summed E-state index contributed by atoms with van der Waals surface area (Å²) in [5, 5.41) is 2.84. The van der Waals surface area contributed by atoms with Gasteiger partial charge in [-0.3, -0.25) is 9.69 Å². The van der Waals surface area contributed by atoms with Crippen LogP contribution in [0.3, 0.4) is 0 Å². The number of hydrogen-bond donors (Lipinski definition) is 0. The first-order valence-electron chi connectivity index (χ1n) is 14.7. The molecule has 3 aromatic rings. The van der Waals surface area contributed by atoms with Crippen LogP contribution in [0.4, 0.5) is 0 Å². The first-order valence-corrected chi connectivity index (χ1v) is 15.6. The molecule has 0 aliphatic carbocycles. The van der Waals surface area contributed by atoms with Crippen LogP contribution in [0.2, 0.25) is 0 Å². The van der Waals surface area contributed by atoms with Crippen LogP contribution in [0.25, 0.3) is 0 Å². The van der Waals surface area contributed by atoms with E-state index in [2.05, 4.69) is 56.0 Å². The van der Waals surface area contributed by atoms with Crippen LogP contribution in [0.15, 0.2) is 47.8 Å². The Morgan fingerprint density at radius 2 is 1.64 bits per heavy atom. The van der Waals surface area contributed by atoms with Crippen LogP contribution in [0.1, 0.15) is 65.8 Å². The quantitative estimate of drug-likeness (QED) is 0.299. The zero-order valence-electron chi connectivity index (χ0n) is 25.5. The summed E-state index contributed by atoms with van der Waals surface area (Å²) in [4.78, 5) is 22.3. The van der Waals surface area contributed by atoms with Crippen molar-refractivity contribution in [1.29, 1.82) is 0 Å². The third-order valence-electron chi connectivity index (χ3n) is 8.15. The summed E-state index contributed by atoms with van der Waals surface area (Å²) in [7, 11) is 3.31. The van der Waals surface area contributed by atoms with E-state index in [9.17, 15) is 4.79 Å². The number of benzene rings is 2. The Morgan fingerprint density at radius 3 is 2.29 bits per heavy atom. The SMILES string of the molecule is COc1ccc(CCN(Cc2ccc(C(C)(C)C)cc2)Cc2nc(C(=O)N3CCC4(CC3)OCCO4)cs2)cc1OC. The number of thiazole rings is 1. The van der Waals surface area contributed by atoms with Gasteiger partial charge in [-0.2, -0.15) is 0 Å². The van der Waals surface area contributed by atoms with E-state index in [1.165, 1.54) is 16.7 Å². The van der Waals surface area contributed by atoms with Gasteiger partial charge in [0.2, 0.25) is 0 Å². The number of hydrogen-bond acceptors (Lipinski definition) is 8. The van der Waals surface area contributed by atoms with Crippen molar-refractivity contribution in [1.82, 2.24) is 14.8 Å². The van der Waals surface area contributed by atoms with Crippen molar-refractivity contribution >= 4 is 17.2 Å². The zero-order valence-corrected chi connectivity index (χ0v) is 26.3. The second-order valence-corrected chi connectivity index (χ2v) is 13.1. The molecule has 2 aromatic carbocycles. The predicted octanol–water partition coefficient (Wildman–Crippen LogP) is 5.68. The van der Waals surface area contributed by atoms with Gasteiger partial charge in [0.15, 0.2) is 17.3 Å². The summed E-state index contributed by atoms with van der Waals surface area (Å²) in [5.41, 5.74) is 4.38. The molecule has 0 unspecified atom stereocenters. The van der Waals surface area contributed by atoms with Crippen molar-refractivity contribution in [2.45, 2.75) is 64.3 Å². The van der Waals surface area contributed by atoms with Crippen LogP contribution in [-0.2, 0) is 34.4 Å². The standard InChI is InChI=1S/C33H43N3O5S/c1-32(2,3)26-9-6-25(7-10-26)21-35(15-12-24-8-11-28(38-4)29(20-24)39-5)22-30-34-27(23-42-30)31(37)36-16-13-33(14-17-36)40-18-19-41-33/h6-11,20,23H,12-19,21-22H2,1-5H3. The molecule has 3 heterocycles. The lowest BCUT2D eigenvalue weighted by molar-refractivity contribution is -0.181. The molecule has 8 nitrogen and oxygen atoms in total. The zero-order chi connectivity index (χ0) is 29.7. The fourth-order valence-corrected chi connectivity index (χ4v) is 6.39. The monoisotopic (exact) mass is 593 g/mol. The molecule has 42 heavy (non-hydrogen) atoms. The van der Waals surface area contributed by atoms with Crippen LogP contribution in [0.5, 0.6) is 11.5 Å². The Morgan fingerprint density at radius 1 is 0.976 bits per heavy atom. The minimum absolute atomic E-state index is 0.0139. The van der Waals surface area contributed by atoms with Gasteiger partial charge in [0.1, 0.15) is 10.7 Å². The number of aromatic nitrogens is 1. The Balaban J connectivity index is 1.27. The largest absolute Gasteiger partial charge is 0.493 e. The second kappa shape index (κ2) is 13.1. The molecule has 1 amide bonds. The van der Waals surface area contributed by atoms with Crippen LogP contribution in [0, 0.1) is 0 Å². The molecule has 0 saturated carbocycles. The number of ether oxygens (including phenoxy) is 4. The second-order valence-electron chi connectivity index (χ2n) is 12.1. The number of nitrogens with zero attached hydrogens (tertiary/aromatic N) is 3. The molecule has 0 radical (unpaired) electrons. The fourth-order valence-electron chi connectivity index (χ4n) is 5.58. The number of carbonyl (C=O) groups excluding carboxylic acids is 1. The van der Waals surface area contributed by atoms with Gasteiger partial charge < -0.3 is 23.8 Å². The Kier molecular flexibility index (Phi) is 9.52. The average Bonchev–Trinajstić information content (AvgIpc) is 3.65. The summed E-state index contributed by atoms with van der Waals surface area (Å²) in [6.45, 7) is 11.5. The highest BCUT2D eigenvalue weighted by atomic mass is 32.1. The van der Waals surface area contributed by atoms with Gasteiger partial charge in [0.25, 0.3) is 5.91 Å². The molecular formula is C33H43N3O5S. The highest BCUT2D eigenvalue weighted by Gasteiger charge is 2.41.